The van der Waals surface area contributed by atoms with Gasteiger partial charge in [0.2, 0.25) is 0 Å². The van der Waals surface area contributed by atoms with Crippen LogP contribution in [0.5, 0.6) is 5.75 Å². The molecular formula is C25H18BrNO4S2. The summed E-state index contributed by atoms with van der Waals surface area (Å²) in [6, 6.07) is 22.7. The van der Waals surface area contributed by atoms with E-state index in [1.54, 1.807) is 36.4 Å². The molecule has 0 bridgehead atoms. The molecule has 0 aliphatic carbocycles. The summed E-state index contributed by atoms with van der Waals surface area (Å²) in [5.74, 6) is -0.992. The smallest absolute Gasteiger partial charge is 0.331 e. The van der Waals surface area contributed by atoms with Gasteiger partial charge in [0, 0.05) is 10.0 Å². The fraction of sp³-hybridized carbons (Fsp3) is 0.0800. The van der Waals surface area contributed by atoms with Crippen molar-refractivity contribution in [1.82, 2.24) is 4.90 Å². The molecule has 5 nitrogen and oxygen atoms in total. The van der Waals surface area contributed by atoms with E-state index >= 15 is 0 Å². The Morgan fingerprint density at radius 1 is 1.09 bits per heavy atom. The minimum atomic E-state index is -1.19. The fourth-order valence-corrected chi connectivity index (χ4v) is 5.06. The van der Waals surface area contributed by atoms with Crippen LogP contribution >= 0.6 is 39.9 Å². The van der Waals surface area contributed by atoms with E-state index in [2.05, 4.69) is 15.9 Å². The lowest BCUT2D eigenvalue weighted by molar-refractivity contribution is -0.145. The van der Waals surface area contributed by atoms with Gasteiger partial charge in [-0.25, -0.2) is 4.79 Å². The number of thiocarbonyl (C=S) groups is 1. The normalized spacial score (nSPS) is 15.7. The summed E-state index contributed by atoms with van der Waals surface area (Å²) in [5.41, 5.74) is 2.19. The number of carboxylic acid groups (broad SMARTS) is 1. The number of benzene rings is 3. The molecule has 0 aromatic heterocycles. The second-order valence-corrected chi connectivity index (χ2v) is 9.75. The minimum Gasteiger partial charge on any atom is -0.488 e. The number of nitrogens with zero attached hydrogens (tertiary/aromatic N) is 1. The van der Waals surface area contributed by atoms with Crippen LogP contribution in [0.3, 0.4) is 0 Å². The molecule has 3 aromatic carbocycles. The van der Waals surface area contributed by atoms with Crippen LogP contribution in [0.15, 0.2) is 88.2 Å². The number of thioether (sulfide) groups is 1. The molecule has 33 heavy (non-hydrogen) atoms. The summed E-state index contributed by atoms with van der Waals surface area (Å²) in [6.45, 7) is 0.374. The van der Waals surface area contributed by atoms with Crippen molar-refractivity contribution in [3.05, 3.63) is 105 Å². The van der Waals surface area contributed by atoms with Crippen LogP contribution in [0.25, 0.3) is 6.08 Å². The van der Waals surface area contributed by atoms with Gasteiger partial charge in [-0.15, -0.1) is 0 Å². The van der Waals surface area contributed by atoms with Crippen molar-refractivity contribution in [3.63, 3.8) is 0 Å². The Morgan fingerprint density at radius 3 is 2.42 bits per heavy atom. The van der Waals surface area contributed by atoms with E-state index in [0.717, 1.165) is 26.7 Å². The lowest BCUT2D eigenvalue weighted by Gasteiger charge is -2.23. The van der Waals surface area contributed by atoms with Crippen LogP contribution in [-0.2, 0) is 16.2 Å². The van der Waals surface area contributed by atoms with E-state index in [0.29, 0.717) is 28.4 Å². The zero-order valence-corrected chi connectivity index (χ0v) is 20.4. The van der Waals surface area contributed by atoms with Gasteiger partial charge in [-0.3, -0.25) is 9.69 Å². The summed E-state index contributed by atoms with van der Waals surface area (Å²) in [7, 11) is 0. The van der Waals surface area contributed by atoms with Crippen molar-refractivity contribution in [2.75, 3.05) is 0 Å². The molecule has 1 fully saturated rings. The largest absolute Gasteiger partial charge is 0.488 e. The molecular weight excluding hydrogens is 522 g/mol. The monoisotopic (exact) mass is 539 g/mol. The van der Waals surface area contributed by atoms with Crippen molar-refractivity contribution < 1.29 is 19.4 Å². The summed E-state index contributed by atoms with van der Waals surface area (Å²) in [6.07, 6.45) is 1.69. The van der Waals surface area contributed by atoms with Crippen LogP contribution in [0.2, 0.25) is 0 Å². The number of carbonyl (C=O) groups excluding carboxylic acids is 1. The average molecular weight is 540 g/mol. The summed E-state index contributed by atoms with van der Waals surface area (Å²) in [5, 5.41) is 9.85. The van der Waals surface area contributed by atoms with E-state index in [-0.39, 0.29) is 4.32 Å². The van der Waals surface area contributed by atoms with Gasteiger partial charge < -0.3 is 9.84 Å². The molecule has 0 spiro atoms. The molecule has 0 saturated carbocycles. The van der Waals surface area contributed by atoms with Gasteiger partial charge in [0.05, 0.1) is 4.91 Å². The van der Waals surface area contributed by atoms with Crippen molar-refractivity contribution in [1.29, 1.82) is 0 Å². The third-order valence-corrected chi connectivity index (χ3v) is 6.75. The first-order valence-corrected chi connectivity index (χ1v) is 12.0. The van der Waals surface area contributed by atoms with Crippen molar-refractivity contribution in [2.24, 2.45) is 0 Å². The number of amides is 1. The van der Waals surface area contributed by atoms with Crippen LogP contribution in [0.4, 0.5) is 0 Å². The summed E-state index contributed by atoms with van der Waals surface area (Å²) in [4.78, 5) is 26.8. The van der Waals surface area contributed by atoms with Gasteiger partial charge in [-0.2, -0.15) is 0 Å². The van der Waals surface area contributed by atoms with Gasteiger partial charge in [0.25, 0.3) is 5.91 Å². The van der Waals surface area contributed by atoms with E-state index in [4.69, 9.17) is 17.0 Å². The molecule has 1 aliphatic heterocycles. The number of ether oxygens (including phenoxy) is 1. The highest BCUT2D eigenvalue weighted by Gasteiger charge is 2.41. The van der Waals surface area contributed by atoms with Crippen LogP contribution in [-0.4, -0.2) is 26.2 Å². The second kappa shape index (κ2) is 10.3. The third-order valence-electron chi connectivity index (χ3n) is 4.93. The molecule has 8 heteroatoms. The maximum atomic E-state index is 13.2. The van der Waals surface area contributed by atoms with Crippen molar-refractivity contribution >= 4 is 62.2 Å². The molecule has 1 unspecified atom stereocenters. The van der Waals surface area contributed by atoms with Crippen molar-refractivity contribution in [2.45, 2.75) is 12.6 Å². The number of carbonyl (C=O) groups is 2. The molecule has 1 atom stereocenters. The van der Waals surface area contributed by atoms with Gasteiger partial charge in [0.1, 0.15) is 16.7 Å². The molecule has 0 radical (unpaired) electrons. The van der Waals surface area contributed by atoms with Gasteiger partial charge in [-0.05, 0) is 35.4 Å². The maximum Gasteiger partial charge on any atom is 0.331 e. The number of rotatable bonds is 7. The molecule has 1 saturated heterocycles. The Morgan fingerprint density at radius 2 is 1.76 bits per heavy atom. The zero-order chi connectivity index (χ0) is 23.4. The summed E-state index contributed by atoms with van der Waals surface area (Å²) < 4.78 is 7.03. The zero-order valence-electron chi connectivity index (χ0n) is 17.2. The SMILES string of the molecule is O=C(O)C(c1ccccc1)N1C(=O)/C(=C/c2cc(Br)ccc2OCc2ccccc2)SC1=S. The minimum absolute atomic E-state index is 0.198. The average Bonchev–Trinajstić information content (AvgIpc) is 3.08. The maximum absolute atomic E-state index is 13.2. The van der Waals surface area contributed by atoms with Crippen LogP contribution in [0.1, 0.15) is 22.7 Å². The first kappa shape index (κ1) is 23.2. The first-order valence-electron chi connectivity index (χ1n) is 9.95. The van der Waals surface area contributed by atoms with E-state index in [9.17, 15) is 14.7 Å². The second-order valence-electron chi connectivity index (χ2n) is 7.16. The molecule has 1 N–H and O–H groups in total. The standard InChI is InChI=1S/C25H18BrNO4S2/c26-19-11-12-20(31-15-16-7-3-1-4-8-16)18(13-19)14-21-23(28)27(25(32)33-21)22(24(29)30)17-9-5-2-6-10-17/h1-14,22H,15H2,(H,29,30)/b21-14-. The lowest BCUT2D eigenvalue weighted by atomic mass is 10.1. The molecule has 1 amide bonds. The Hall–Kier alpha value is -2.94. The van der Waals surface area contributed by atoms with Crippen LogP contribution < -0.4 is 4.74 Å². The molecule has 4 rings (SSSR count). The molecule has 3 aromatic rings. The van der Waals surface area contributed by atoms with Gasteiger partial charge in [0.15, 0.2) is 6.04 Å². The highest BCUT2D eigenvalue weighted by Crippen LogP contribution is 2.39. The highest BCUT2D eigenvalue weighted by molar-refractivity contribution is 9.10. The van der Waals surface area contributed by atoms with Gasteiger partial charge >= 0.3 is 5.97 Å². The predicted octanol–water partition coefficient (Wildman–Crippen LogP) is 6.06. The van der Waals surface area contributed by atoms with Gasteiger partial charge in [-0.1, -0.05) is 101 Å². The number of carboxylic acids is 1. The number of hydrogen-bond donors (Lipinski definition) is 1. The Kier molecular flexibility index (Phi) is 7.27. The lowest BCUT2D eigenvalue weighted by Crippen LogP contribution is -2.37. The predicted molar refractivity (Wildman–Crippen MR) is 137 cm³/mol. The molecule has 166 valence electrons. The van der Waals surface area contributed by atoms with E-state index in [1.807, 2.05) is 48.5 Å². The Labute approximate surface area is 209 Å². The topological polar surface area (TPSA) is 66.8 Å². The summed E-state index contributed by atoms with van der Waals surface area (Å²) >= 11 is 9.95. The van der Waals surface area contributed by atoms with Crippen LogP contribution in [0, 0.1) is 0 Å². The molecule has 1 heterocycles. The van der Waals surface area contributed by atoms with Crippen molar-refractivity contribution in [3.8, 4) is 5.75 Å². The number of aliphatic carboxylic acids is 1. The number of hydrogen-bond acceptors (Lipinski definition) is 5. The first-order chi connectivity index (χ1) is 15.9. The Balaban J connectivity index is 1.63. The Bertz CT molecular complexity index is 1230. The highest BCUT2D eigenvalue weighted by atomic mass is 79.9. The third kappa shape index (κ3) is 5.35. The number of halogens is 1. The van der Waals surface area contributed by atoms with E-state index in [1.165, 1.54) is 0 Å². The van der Waals surface area contributed by atoms with E-state index < -0.39 is 17.9 Å². The quantitative estimate of drug-likeness (QED) is 0.291. The fourth-order valence-electron chi connectivity index (χ4n) is 3.38. The molecule has 1 aliphatic rings.